The lowest BCUT2D eigenvalue weighted by molar-refractivity contribution is -0.132. The molecular weight excluding hydrogens is 244 g/mol. The van der Waals surface area contributed by atoms with Crippen molar-refractivity contribution in [3.8, 4) is 0 Å². The highest BCUT2D eigenvalue weighted by molar-refractivity contribution is 7.12. The minimum Gasteiger partial charge on any atom is -0.342 e. The molecule has 18 heavy (non-hydrogen) atoms. The maximum Gasteiger partial charge on any atom is 0.227 e. The van der Waals surface area contributed by atoms with Crippen molar-refractivity contribution in [2.75, 3.05) is 13.1 Å². The number of aryl methyl sites for hydroxylation is 1. The number of thiophene rings is 1. The van der Waals surface area contributed by atoms with Gasteiger partial charge in [-0.25, -0.2) is 0 Å². The summed E-state index contributed by atoms with van der Waals surface area (Å²) in [5.74, 6) is 0.718. The summed E-state index contributed by atoms with van der Waals surface area (Å²) in [7, 11) is 0. The molecule has 100 valence electrons. The third kappa shape index (κ3) is 3.33. The summed E-state index contributed by atoms with van der Waals surface area (Å²) in [5, 5.41) is 0. The fourth-order valence-corrected chi connectivity index (χ4v) is 3.39. The van der Waals surface area contributed by atoms with E-state index in [-0.39, 0.29) is 11.9 Å². The van der Waals surface area contributed by atoms with Gasteiger partial charge in [-0.05, 0) is 44.7 Å². The van der Waals surface area contributed by atoms with E-state index in [0.717, 1.165) is 25.9 Å². The van der Waals surface area contributed by atoms with Gasteiger partial charge >= 0.3 is 0 Å². The van der Waals surface area contributed by atoms with Gasteiger partial charge in [0.05, 0.1) is 6.42 Å². The van der Waals surface area contributed by atoms with Crippen LogP contribution >= 0.6 is 11.3 Å². The van der Waals surface area contributed by atoms with Gasteiger partial charge in [-0.1, -0.05) is 0 Å². The van der Waals surface area contributed by atoms with Gasteiger partial charge < -0.3 is 10.6 Å². The van der Waals surface area contributed by atoms with E-state index in [0.29, 0.717) is 12.3 Å². The molecule has 2 rings (SSSR count). The second kappa shape index (κ2) is 5.85. The summed E-state index contributed by atoms with van der Waals surface area (Å²) < 4.78 is 0. The molecule has 2 N–H and O–H groups in total. The zero-order chi connectivity index (χ0) is 13.1. The molecule has 0 spiro atoms. The average Bonchev–Trinajstić information content (AvgIpc) is 2.75. The number of hydrogen-bond acceptors (Lipinski definition) is 3. The van der Waals surface area contributed by atoms with Crippen molar-refractivity contribution in [3.05, 3.63) is 21.9 Å². The normalized spacial score (nSPS) is 21.9. The molecule has 4 heteroatoms. The van der Waals surface area contributed by atoms with E-state index in [9.17, 15) is 4.79 Å². The molecule has 3 nitrogen and oxygen atoms in total. The molecule has 1 aliphatic heterocycles. The molecular formula is C14H22N2OS. The van der Waals surface area contributed by atoms with Crippen LogP contribution in [0, 0.1) is 12.8 Å². The fraction of sp³-hybridized carbons (Fsp3) is 0.643. The van der Waals surface area contributed by atoms with Crippen molar-refractivity contribution in [2.45, 2.75) is 39.2 Å². The summed E-state index contributed by atoms with van der Waals surface area (Å²) in [6.45, 7) is 5.85. The average molecular weight is 266 g/mol. The van der Waals surface area contributed by atoms with Gasteiger partial charge in [-0.3, -0.25) is 4.79 Å². The highest BCUT2D eigenvalue weighted by Gasteiger charge is 2.25. The van der Waals surface area contributed by atoms with Crippen LogP contribution in [-0.2, 0) is 11.2 Å². The molecule has 1 amide bonds. The Hall–Kier alpha value is -0.870. The molecule has 0 radical (unpaired) electrons. The second-order valence-electron chi connectivity index (χ2n) is 5.29. The van der Waals surface area contributed by atoms with Crippen LogP contribution in [0.15, 0.2) is 12.1 Å². The van der Waals surface area contributed by atoms with Gasteiger partial charge in [-0.2, -0.15) is 0 Å². The standard InChI is InChI=1S/C14H22N2OS/c1-10-5-6-13(18-10)8-14(17)16-7-3-4-12(9-16)11(2)15/h5-6,11-12H,3-4,7-9,15H2,1-2H3/t11-,12-/m1/s1. The van der Waals surface area contributed by atoms with Gasteiger partial charge in [-0.15, -0.1) is 11.3 Å². The quantitative estimate of drug-likeness (QED) is 0.911. The minimum absolute atomic E-state index is 0.185. The number of nitrogens with zero attached hydrogens (tertiary/aromatic N) is 1. The third-order valence-electron chi connectivity index (χ3n) is 3.68. The van der Waals surface area contributed by atoms with Gasteiger partial charge in [0, 0.05) is 28.9 Å². The smallest absolute Gasteiger partial charge is 0.227 e. The molecule has 0 bridgehead atoms. The van der Waals surface area contributed by atoms with E-state index in [1.807, 2.05) is 11.8 Å². The number of carbonyl (C=O) groups is 1. The van der Waals surface area contributed by atoms with E-state index in [2.05, 4.69) is 19.1 Å². The van der Waals surface area contributed by atoms with Crippen LogP contribution in [-0.4, -0.2) is 29.9 Å². The van der Waals surface area contributed by atoms with Gasteiger partial charge in [0.25, 0.3) is 0 Å². The van der Waals surface area contributed by atoms with Gasteiger partial charge in [0.15, 0.2) is 0 Å². The number of likely N-dealkylation sites (tertiary alicyclic amines) is 1. The third-order valence-corrected chi connectivity index (χ3v) is 4.68. The Kier molecular flexibility index (Phi) is 4.40. The number of piperidine rings is 1. The summed E-state index contributed by atoms with van der Waals surface area (Å²) in [6, 6.07) is 4.32. The summed E-state index contributed by atoms with van der Waals surface area (Å²) in [4.78, 5) is 16.7. The van der Waals surface area contributed by atoms with Crippen molar-refractivity contribution >= 4 is 17.2 Å². The highest BCUT2D eigenvalue weighted by atomic mass is 32.1. The molecule has 0 unspecified atom stereocenters. The predicted molar refractivity (Wildman–Crippen MR) is 75.7 cm³/mol. The lowest BCUT2D eigenvalue weighted by Crippen LogP contribution is -2.45. The van der Waals surface area contributed by atoms with Crippen LogP contribution < -0.4 is 5.73 Å². The molecule has 2 atom stereocenters. The van der Waals surface area contributed by atoms with E-state index < -0.39 is 0 Å². The van der Waals surface area contributed by atoms with Gasteiger partial charge in [0.1, 0.15) is 0 Å². The van der Waals surface area contributed by atoms with Crippen molar-refractivity contribution in [3.63, 3.8) is 0 Å². The lowest BCUT2D eigenvalue weighted by Gasteiger charge is -2.34. The van der Waals surface area contributed by atoms with Gasteiger partial charge in [0.2, 0.25) is 5.91 Å². The maximum absolute atomic E-state index is 12.2. The number of carbonyl (C=O) groups excluding carboxylic acids is 1. The van der Waals surface area contributed by atoms with E-state index >= 15 is 0 Å². The fourth-order valence-electron chi connectivity index (χ4n) is 2.51. The van der Waals surface area contributed by atoms with Crippen molar-refractivity contribution in [1.29, 1.82) is 0 Å². The number of amides is 1. The monoisotopic (exact) mass is 266 g/mol. The Bertz CT molecular complexity index is 414. The molecule has 1 aromatic heterocycles. The first-order valence-corrected chi connectivity index (χ1v) is 7.46. The van der Waals surface area contributed by atoms with E-state index in [1.165, 1.54) is 9.75 Å². The van der Waals surface area contributed by atoms with E-state index in [4.69, 9.17) is 5.73 Å². The number of hydrogen-bond donors (Lipinski definition) is 1. The van der Waals surface area contributed by atoms with Crippen molar-refractivity contribution in [2.24, 2.45) is 11.7 Å². The largest absolute Gasteiger partial charge is 0.342 e. The molecule has 1 aromatic rings. The SMILES string of the molecule is Cc1ccc(CC(=O)N2CCC[C@@H]([C@@H](C)N)C2)s1. The van der Waals surface area contributed by atoms with Crippen LogP contribution in [0.1, 0.15) is 29.5 Å². The van der Waals surface area contributed by atoms with Crippen molar-refractivity contribution < 1.29 is 4.79 Å². The Labute approximate surface area is 113 Å². The zero-order valence-corrected chi connectivity index (χ0v) is 12.0. The van der Waals surface area contributed by atoms with Crippen LogP contribution in [0.3, 0.4) is 0 Å². The topological polar surface area (TPSA) is 46.3 Å². The summed E-state index contributed by atoms with van der Waals surface area (Å²) >= 11 is 1.71. The molecule has 0 saturated carbocycles. The minimum atomic E-state index is 0.185. The maximum atomic E-state index is 12.2. The van der Waals surface area contributed by atoms with E-state index in [1.54, 1.807) is 11.3 Å². The Morgan fingerprint density at radius 3 is 3.00 bits per heavy atom. The van der Waals surface area contributed by atoms with Crippen LogP contribution in [0.25, 0.3) is 0 Å². The molecule has 0 aromatic carbocycles. The summed E-state index contributed by atoms with van der Waals surface area (Å²) in [6.07, 6.45) is 2.78. The first-order chi connectivity index (χ1) is 8.56. The highest BCUT2D eigenvalue weighted by Crippen LogP contribution is 2.21. The number of nitrogens with two attached hydrogens (primary N) is 1. The van der Waals surface area contributed by atoms with Crippen molar-refractivity contribution in [1.82, 2.24) is 4.90 Å². The number of rotatable bonds is 3. The predicted octanol–water partition coefficient (Wildman–Crippen LogP) is 2.18. The molecule has 2 heterocycles. The van der Waals surface area contributed by atoms with Crippen LogP contribution in [0.4, 0.5) is 0 Å². The lowest BCUT2D eigenvalue weighted by atomic mass is 9.92. The molecule has 1 fully saturated rings. The van der Waals surface area contributed by atoms with Crippen LogP contribution in [0.5, 0.6) is 0 Å². The first-order valence-electron chi connectivity index (χ1n) is 6.65. The van der Waals surface area contributed by atoms with Crippen LogP contribution in [0.2, 0.25) is 0 Å². The Morgan fingerprint density at radius 2 is 2.39 bits per heavy atom. The zero-order valence-electron chi connectivity index (χ0n) is 11.2. The Balaban J connectivity index is 1.92. The first kappa shape index (κ1) is 13.6. The molecule has 1 saturated heterocycles. The summed E-state index contributed by atoms with van der Waals surface area (Å²) in [5.41, 5.74) is 5.95. The second-order valence-corrected chi connectivity index (χ2v) is 6.66. The molecule has 0 aliphatic carbocycles. The Morgan fingerprint density at radius 1 is 1.61 bits per heavy atom. The molecule has 1 aliphatic rings.